The first-order valence-electron chi connectivity index (χ1n) is 4.30. The van der Waals surface area contributed by atoms with Crippen molar-refractivity contribution in [3.63, 3.8) is 0 Å². The van der Waals surface area contributed by atoms with Gasteiger partial charge in [0.05, 0.1) is 6.33 Å². The molecule has 6 nitrogen and oxygen atoms in total. The van der Waals surface area contributed by atoms with Crippen LogP contribution in [0, 0.1) is 0 Å². The van der Waals surface area contributed by atoms with Gasteiger partial charge in [-0.2, -0.15) is 0 Å². The maximum atomic E-state index is 11.7. The number of nitrogens with one attached hydrogen (secondary N) is 1. The number of nitrogens with two attached hydrogens (primary N) is 1. The summed E-state index contributed by atoms with van der Waals surface area (Å²) < 4.78 is 27.4. The molecule has 0 aromatic carbocycles. The Balaban J connectivity index is 2.36. The third kappa shape index (κ3) is 1.60. The zero-order valence-electron chi connectivity index (χ0n) is 7.77. The van der Waals surface area contributed by atoms with Crippen LogP contribution in [0.15, 0.2) is 11.4 Å². The molecule has 3 N–H and O–H groups in total. The predicted octanol–water partition coefficient (Wildman–Crippen LogP) is -0.557. The van der Waals surface area contributed by atoms with Crippen LogP contribution in [0.2, 0.25) is 0 Å². The van der Waals surface area contributed by atoms with Gasteiger partial charge in [0.1, 0.15) is 0 Å². The molecule has 1 heterocycles. The molecule has 1 aromatic heterocycles. The zero-order valence-corrected chi connectivity index (χ0v) is 8.58. The summed E-state index contributed by atoms with van der Waals surface area (Å²) in [6.45, 7) is 0. The van der Waals surface area contributed by atoms with Crippen LogP contribution in [0.4, 0.5) is 5.82 Å². The minimum Gasteiger partial charge on any atom is -0.381 e. The van der Waals surface area contributed by atoms with Gasteiger partial charge < -0.3 is 10.3 Å². The van der Waals surface area contributed by atoms with Crippen LogP contribution in [0.5, 0.6) is 0 Å². The van der Waals surface area contributed by atoms with Crippen molar-refractivity contribution in [3.8, 4) is 0 Å². The van der Waals surface area contributed by atoms with Crippen LogP contribution in [0.3, 0.4) is 0 Å². The molecule has 0 atom stereocenters. The summed E-state index contributed by atoms with van der Waals surface area (Å²) in [5, 5.41) is 0.0457. The van der Waals surface area contributed by atoms with Crippen LogP contribution in [-0.2, 0) is 17.1 Å². The lowest BCUT2D eigenvalue weighted by atomic mass is 10.8. The van der Waals surface area contributed by atoms with E-state index in [0.29, 0.717) is 0 Å². The first-order valence-corrected chi connectivity index (χ1v) is 5.78. The minimum atomic E-state index is -3.49. The van der Waals surface area contributed by atoms with Crippen LogP contribution < -0.4 is 10.5 Å². The minimum absolute atomic E-state index is 0.0423. The number of nitrogen functional groups attached to an aromatic ring is 1. The van der Waals surface area contributed by atoms with E-state index in [1.165, 1.54) is 10.9 Å². The molecule has 0 bridgehead atoms. The summed E-state index contributed by atoms with van der Waals surface area (Å²) in [6.07, 6.45) is 3.19. The number of aryl methyl sites for hydroxylation is 1. The smallest absolute Gasteiger partial charge is 0.260 e. The molecular weight excluding hydrogens is 204 g/mol. The highest BCUT2D eigenvalue weighted by Crippen LogP contribution is 2.23. The van der Waals surface area contributed by atoms with Crippen LogP contribution in [0.25, 0.3) is 0 Å². The average molecular weight is 216 g/mol. The molecule has 0 amide bonds. The van der Waals surface area contributed by atoms with Gasteiger partial charge >= 0.3 is 0 Å². The van der Waals surface area contributed by atoms with Gasteiger partial charge in [-0.15, -0.1) is 0 Å². The normalized spacial score (nSPS) is 17.2. The van der Waals surface area contributed by atoms with Gasteiger partial charge in [-0.3, -0.25) is 0 Å². The number of hydrogen-bond acceptors (Lipinski definition) is 4. The predicted molar refractivity (Wildman–Crippen MR) is 51.0 cm³/mol. The Morgan fingerprint density at radius 1 is 1.64 bits per heavy atom. The van der Waals surface area contributed by atoms with Crippen molar-refractivity contribution in [3.05, 3.63) is 6.33 Å². The highest BCUT2D eigenvalue weighted by Gasteiger charge is 2.31. The lowest BCUT2D eigenvalue weighted by molar-refractivity contribution is 0.571. The molecule has 0 aliphatic heterocycles. The van der Waals surface area contributed by atoms with Crippen molar-refractivity contribution in [1.29, 1.82) is 0 Å². The van der Waals surface area contributed by atoms with Crippen molar-refractivity contribution in [2.45, 2.75) is 23.9 Å². The fourth-order valence-electron chi connectivity index (χ4n) is 1.24. The Morgan fingerprint density at radius 3 is 2.71 bits per heavy atom. The van der Waals surface area contributed by atoms with Gasteiger partial charge in [0, 0.05) is 13.1 Å². The maximum Gasteiger partial charge on any atom is 0.260 e. The topological polar surface area (TPSA) is 90.0 Å². The third-order valence-corrected chi connectivity index (χ3v) is 3.71. The van der Waals surface area contributed by atoms with Crippen LogP contribution in [0.1, 0.15) is 12.8 Å². The van der Waals surface area contributed by atoms with E-state index in [9.17, 15) is 8.42 Å². The number of nitrogens with zero attached hydrogens (tertiary/aromatic N) is 2. The summed E-state index contributed by atoms with van der Waals surface area (Å²) >= 11 is 0. The lowest BCUT2D eigenvalue weighted by Gasteiger charge is -2.05. The summed E-state index contributed by atoms with van der Waals surface area (Å²) in [4.78, 5) is 3.73. The van der Waals surface area contributed by atoms with Gasteiger partial charge in [0.15, 0.2) is 10.8 Å². The van der Waals surface area contributed by atoms with Gasteiger partial charge in [0.2, 0.25) is 0 Å². The fraction of sp³-hybridized carbons (Fsp3) is 0.571. The van der Waals surface area contributed by atoms with Crippen molar-refractivity contribution >= 4 is 15.8 Å². The second-order valence-corrected chi connectivity index (χ2v) is 5.07. The Bertz CT molecular complexity index is 427. The molecule has 0 spiro atoms. The summed E-state index contributed by atoms with van der Waals surface area (Å²) in [7, 11) is -1.89. The van der Waals surface area contributed by atoms with Crippen LogP contribution >= 0.6 is 0 Å². The maximum absolute atomic E-state index is 11.7. The summed E-state index contributed by atoms with van der Waals surface area (Å²) in [5.74, 6) is 0.0423. The molecule has 0 radical (unpaired) electrons. The number of hydrogen-bond donors (Lipinski definition) is 2. The van der Waals surface area contributed by atoms with Gasteiger partial charge in [-0.25, -0.2) is 18.1 Å². The molecule has 7 heteroatoms. The number of anilines is 1. The Kier molecular flexibility index (Phi) is 2.00. The first kappa shape index (κ1) is 9.47. The monoisotopic (exact) mass is 216 g/mol. The summed E-state index contributed by atoms with van der Waals surface area (Å²) in [5.41, 5.74) is 5.47. The third-order valence-electron chi connectivity index (χ3n) is 2.06. The Labute approximate surface area is 82.2 Å². The van der Waals surface area contributed by atoms with Crippen molar-refractivity contribution in [1.82, 2.24) is 14.3 Å². The van der Waals surface area contributed by atoms with E-state index in [-0.39, 0.29) is 16.9 Å². The number of rotatable bonds is 3. The molecule has 78 valence electrons. The fourth-order valence-corrected chi connectivity index (χ4v) is 2.78. The molecule has 1 fully saturated rings. The van der Waals surface area contributed by atoms with Gasteiger partial charge in [0.25, 0.3) is 10.0 Å². The molecule has 0 saturated heterocycles. The molecule has 2 rings (SSSR count). The van der Waals surface area contributed by atoms with E-state index in [1.807, 2.05) is 0 Å². The lowest BCUT2D eigenvalue weighted by Crippen LogP contribution is -2.28. The highest BCUT2D eigenvalue weighted by molar-refractivity contribution is 7.89. The van der Waals surface area contributed by atoms with Crippen LogP contribution in [-0.4, -0.2) is 24.0 Å². The first-order chi connectivity index (χ1) is 6.50. The molecule has 1 saturated carbocycles. The molecule has 14 heavy (non-hydrogen) atoms. The molecule has 0 unspecified atom stereocenters. The van der Waals surface area contributed by atoms with E-state index in [1.54, 1.807) is 7.05 Å². The quantitative estimate of drug-likeness (QED) is 0.709. The van der Waals surface area contributed by atoms with Crippen molar-refractivity contribution in [2.75, 3.05) is 5.73 Å². The molecule has 1 aliphatic rings. The molecule has 1 aliphatic carbocycles. The molecular formula is C7H12N4O2S. The number of sulfonamides is 1. The number of imidazole rings is 1. The van der Waals surface area contributed by atoms with E-state index in [4.69, 9.17) is 5.73 Å². The van der Waals surface area contributed by atoms with E-state index in [0.717, 1.165) is 12.8 Å². The van der Waals surface area contributed by atoms with E-state index in [2.05, 4.69) is 9.71 Å². The van der Waals surface area contributed by atoms with Crippen molar-refractivity contribution < 1.29 is 8.42 Å². The second kappa shape index (κ2) is 2.96. The zero-order chi connectivity index (χ0) is 10.3. The Hall–Kier alpha value is -1.08. The highest BCUT2D eigenvalue weighted by atomic mass is 32.2. The standard InChI is InChI=1S/C7H12N4O2S/c1-11-4-9-6(8)7(11)14(12,13)10-5-2-3-5/h4-5,10H,2-3,8H2,1H3. The number of aromatic nitrogens is 2. The van der Waals surface area contributed by atoms with Gasteiger partial charge in [-0.05, 0) is 12.8 Å². The van der Waals surface area contributed by atoms with Crippen molar-refractivity contribution in [2.24, 2.45) is 7.05 Å². The molecule has 1 aromatic rings. The van der Waals surface area contributed by atoms with E-state index >= 15 is 0 Å². The SMILES string of the molecule is Cn1cnc(N)c1S(=O)(=O)NC1CC1. The average Bonchev–Trinajstić information content (AvgIpc) is 2.77. The van der Waals surface area contributed by atoms with E-state index < -0.39 is 10.0 Å². The van der Waals surface area contributed by atoms with Gasteiger partial charge in [-0.1, -0.05) is 0 Å². The Morgan fingerprint density at radius 2 is 2.29 bits per heavy atom. The largest absolute Gasteiger partial charge is 0.381 e. The second-order valence-electron chi connectivity index (χ2n) is 3.44. The summed E-state index contributed by atoms with van der Waals surface area (Å²) in [6, 6.07) is 0.0781.